The lowest BCUT2D eigenvalue weighted by Gasteiger charge is -2.16. The van der Waals surface area contributed by atoms with Gasteiger partial charge in [0.25, 0.3) is 0 Å². The van der Waals surface area contributed by atoms with Crippen molar-refractivity contribution in [3.63, 3.8) is 0 Å². The number of aromatic nitrogens is 1. The third-order valence-corrected chi connectivity index (χ3v) is 6.14. The van der Waals surface area contributed by atoms with Gasteiger partial charge in [0.15, 0.2) is 0 Å². The van der Waals surface area contributed by atoms with Crippen molar-refractivity contribution in [2.24, 2.45) is 0 Å². The van der Waals surface area contributed by atoms with E-state index in [1.807, 2.05) is 5.38 Å². The zero-order valence-corrected chi connectivity index (χ0v) is 17.1. The maximum absolute atomic E-state index is 13.7. The van der Waals surface area contributed by atoms with Crippen LogP contribution in [0.25, 0.3) is 21.6 Å². The molecular formula is C22H13Cl2F2NOS. The van der Waals surface area contributed by atoms with Crippen molar-refractivity contribution >= 4 is 34.5 Å². The maximum Gasteiger partial charge on any atom is 0.141 e. The van der Waals surface area contributed by atoms with Crippen molar-refractivity contribution in [1.29, 1.82) is 0 Å². The Morgan fingerprint density at radius 1 is 0.931 bits per heavy atom. The fourth-order valence-electron chi connectivity index (χ4n) is 3.09. The van der Waals surface area contributed by atoms with Gasteiger partial charge in [-0.25, -0.2) is 8.78 Å². The number of hydrogen-bond acceptors (Lipinski definition) is 3. The van der Waals surface area contributed by atoms with Crippen molar-refractivity contribution in [3.05, 3.63) is 99.1 Å². The van der Waals surface area contributed by atoms with E-state index < -0.39 is 17.7 Å². The van der Waals surface area contributed by atoms with Crippen molar-refractivity contribution < 1.29 is 13.9 Å². The molecule has 0 saturated heterocycles. The molecular weight excluding hydrogens is 435 g/mol. The molecule has 0 amide bonds. The summed E-state index contributed by atoms with van der Waals surface area (Å²) in [4.78, 5) is 4.79. The van der Waals surface area contributed by atoms with Gasteiger partial charge in [0.1, 0.15) is 17.7 Å². The largest absolute Gasteiger partial charge is 0.384 e. The van der Waals surface area contributed by atoms with Gasteiger partial charge in [0, 0.05) is 28.4 Å². The van der Waals surface area contributed by atoms with Gasteiger partial charge in [-0.2, -0.15) is 0 Å². The highest BCUT2D eigenvalue weighted by Crippen LogP contribution is 2.44. The number of hydrogen-bond donors (Lipinski definition) is 1. The molecule has 2 aromatic heterocycles. The van der Waals surface area contributed by atoms with E-state index in [2.05, 4.69) is 4.98 Å². The van der Waals surface area contributed by atoms with E-state index in [0.29, 0.717) is 27.8 Å². The summed E-state index contributed by atoms with van der Waals surface area (Å²) in [6, 6.07) is 12.3. The first-order valence-electron chi connectivity index (χ1n) is 8.56. The average molecular weight is 448 g/mol. The molecule has 7 heteroatoms. The van der Waals surface area contributed by atoms with Crippen LogP contribution in [0.1, 0.15) is 17.2 Å². The zero-order chi connectivity index (χ0) is 20.5. The molecule has 0 spiro atoms. The number of aliphatic hydroxyl groups is 1. The Kier molecular flexibility index (Phi) is 5.65. The normalized spacial score (nSPS) is 12.2. The Hall–Kier alpha value is -2.31. The van der Waals surface area contributed by atoms with E-state index >= 15 is 0 Å². The van der Waals surface area contributed by atoms with Gasteiger partial charge >= 0.3 is 0 Å². The van der Waals surface area contributed by atoms with E-state index in [-0.39, 0.29) is 10.0 Å². The van der Waals surface area contributed by atoms with Gasteiger partial charge in [-0.1, -0.05) is 41.4 Å². The molecule has 0 aliphatic heterocycles. The highest BCUT2D eigenvalue weighted by Gasteiger charge is 2.24. The molecule has 0 fully saturated rings. The van der Waals surface area contributed by atoms with Gasteiger partial charge in [0.05, 0.1) is 10.0 Å². The van der Waals surface area contributed by atoms with E-state index in [1.54, 1.807) is 36.7 Å². The van der Waals surface area contributed by atoms with Gasteiger partial charge in [-0.15, -0.1) is 11.3 Å². The molecule has 29 heavy (non-hydrogen) atoms. The molecule has 0 saturated carbocycles. The molecule has 1 unspecified atom stereocenters. The minimum Gasteiger partial charge on any atom is -0.384 e. The smallest absolute Gasteiger partial charge is 0.141 e. The second kappa shape index (κ2) is 8.20. The summed E-state index contributed by atoms with van der Waals surface area (Å²) >= 11 is 13.3. The van der Waals surface area contributed by atoms with Crippen LogP contribution in [0.3, 0.4) is 0 Å². The second-order valence-corrected chi connectivity index (χ2v) is 8.03. The van der Waals surface area contributed by atoms with Gasteiger partial charge < -0.3 is 5.11 Å². The predicted octanol–water partition coefficient (Wildman–Crippen LogP) is 7.14. The summed E-state index contributed by atoms with van der Waals surface area (Å²) in [5, 5.41) is 13.0. The molecule has 0 aliphatic carbocycles. The molecule has 146 valence electrons. The predicted molar refractivity (Wildman–Crippen MR) is 113 cm³/mol. The highest BCUT2D eigenvalue weighted by molar-refractivity contribution is 7.14. The van der Waals surface area contributed by atoms with Crippen LogP contribution in [0.5, 0.6) is 0 Å². The third kappa shape index (κ3) is 3.91. The topological polar surface area (TPSA) is 33.1 Å². The Morgan fingerprint density at radius 2 is 1.59 bits per heavy atom. The Balaban J connectivity index is 1.93. The molecule has 4 rings (SSSR count). The molecule has 0 aliphatic rings. The molecule has 0 bridgehead atoms. The first-order chi connectivity index (χ1) is 14.0. The van der Waals surface area contributed by atoms with E-state index in [4.69, 9.17) is 23.2 Å². The number of pyridine rings is 1. The Bertz CT molecular complexity index is 1110. The summed E-state index contributed by atoms with van der Waals surface area (Å²) < 4.78 is 27.3. The fraction of sp³-hybridized carbons (Fsp3) is 0.0455. The number of halogens is 4. The summed E-state index contributed by atoms with van der Waals surface area (Å²) in [6.07, 6.45) is 2.18. The highest BCUT2D eigenvalue weighted by atomic mass is 35.5. The van der Waals surface area contributed by atoms with Crippen LogP contribution in [-0.4, -0.2) is 10.1 Å². The van der Waals surface area contributed by atoms with E-state index in [9.17, 15) is 13.9 Å². The minimum atomic E-state index is -1.01. The van der Waals surface area contributed by atoms with Gasteiger partial charge in [-0.3, -0.25) is 4.98 Å². The lowest BCUT2D eigenvalue weighted by Crippen LogP contribution is -2.02. The minimum absolute atomic E-state index is 0.0101. The van der Waals surface area contributed by atoms with E-state index in [0.717, 1.165) is 4.88 Å². The summed E-state index contributed by atoms with van der Waals surface area (Å²) in [5.41, 5.74) is 3.20. The molecule has 1 atom stereocenters. The monoisotopic (exact) mass is 447 g/mol. The van der Waals surface area contributed by atoms with Gasteiger partial charge in [0.2, 0.25) is 0 Å². The average Bonchev–Trinajstić information content (AvgIpc) is 3.17. The van der Waals surface area contributed by atoms with Crippen LogP contribution in [0.15, 0.2) is 66.3 Å². The number of thiophene rings is 1. The van der Waals surface area contributed by atoms with Gasteiger partial charge in [-0.05, 0) is 52.4 Å². The third-order valence-electron chi connectivity index (χ3n) is 4.52. The van der Waals surface area contributed by atoms with Crippen LogP contribution in [-0.2, 0) is 0 Å². The molecule has 0 radical (unpaired) electrons. The quantitative estimate of drug-likeness (QED) is 0.360. The van der Waals surface area contributed by atoms with Crippen LogP contribution < -0.4 is 0 Å². The fourth-order valence-corrected chi connectivity index (χ4v) is 4.56. The lowest BCUT2D eigenvalue weighted by molar-refractivity contribution is 0.221. The van der Waals surface area contributed by atoms with Crippen molar-refractivity contribution in [2.75, 3.05) is 0 Å². The maximum atomic E-state index is 13.7. The van der Waals surface area contributed by atoms with E-state index in [1.165, 1.54) is 35.6 Å². The van der Waals surface area contributed by atoms with Crippen molar-refractivity contribution in [1.82, 2.24) is 4.98 Å². The number of aliphatic hydroxyl groups excluding tert-OH is 1. The molecule has 2 aromatic carbocycles. The van der Waals surface area contributed by atoms with Crippen LogP contribution in [0.2, 0.25) is 10.0 Å². The number of benzene rings is 2. The zero-order valence-electron chi connectivity index (χ0n) is 14.7. The summed E-state index contributed by atoms with van der Waals surface area (Å²) in [7, 11) is 0. The number of nitrogens with zero attached hydrogens (tertiary/aromatic N) is 1. The molecule has 2 nitrogen and oxygen atoms in total. The standard InChI is InChI=1S/C22H13Cl2F2NOS/c23-16-8-12(3-5-18(16)25)15-11-29-22(13-4-6-19(26)17(24)9-13)20(15)21(28)14-2-1-7-27-10-14/h1-11,21,28H. The second-order valence-electron chi connectivity index (χ2n) is 6.34. The summed E-state index contributed by atoms with van der Waals surface area (Å²) in [6.45, 7) is 0. The Morgan fingerprint density at radius 3 is 2.21 bits per heavy atom. The Labute approximate surface area is 180 Å². The first kappa shape index (κ1) is 20.0. The number of rotatable bonds is 4. The summed E-state index contributed by atoms with van der Waals surface area (Å²) in [5.74, 6) is -1.04. The molecule has 4 aromatic rings. The molecule has 1 N–H and O–H groups in total. The van der Waals surface area contributed by atoms with Crippen LogP contribution in [0, 0.1) is 11.6 Å². The van der Waals surface area contributed by atoms with Crippen LogP contribution >= 0.6 is 34.5 Å². The first-order valence-corrected chi connectivity index (χ1v) is 10.2. The van der Waals surface area contributed by atoms with Crippen molar-refractivity contribution in [3.8, 4) is 21.6 Å². The van der Waals surface area contributed by atoms with Crippen molar-refractivity contribution in [2.45, 2.75) is 6.10 Å². The molecule has 2 heterocycles. The lowest BCUT2D eigenvalue weighted by atomic mass is 9.93. The van der Waals surface area contributed by atoms with Crippen LogP contribution in [0.4, 0.5) is 8.78 Å². The SMILES string of the molecule is OC(c1cccnc1)c1c(-c2ccc(F)c(Cl)c2)csc1-c1ccc(F)c(Cl)c1.